The summed E-state index contributed by atoms with van der Waals surface area (Å²) in [6, 6.07) is 8.23. The van der Waals surface area contributed by atoms with Gasteiger partial charge in [-0.2, -0.15) is 10.4 Å². The fourth-order valence-electron chi connectivity index (χ4n) is 2.69. The van der Waals surface area contributed by atoms with Gasteiger partial charge in [0.2, 0.25) is 0 Å². The highest BCUT2D eigenvalue weighted by Crippen LogP contribution is 2.24. The van der Waals surface area contributed by atoms with Gasteiger partial charge in [-0.15, -0.1) is 5.10 Å². The number of carbonyl (C=O) groups is 1. The molecule has 8 heteroatoms. The summed E-state index contributed by atoms with van der Waals surface area (Å²) in [7, 11) is 0. The monoisotopic (exact) mass is 326 g/mol. The number of nitriles is 1. The smallest absolute Gasteiger partial charge is 0.252 e. The van der Waals surface area contributed by atoms with Crippen LogP contribution >= 0.6 is 0 Å². The molecular weight excluding hydrogens is 311 g/mol. The van der Waals surface area contributed by atoms with Gasteiger partial charge >= 0.3 is 0 Å². The highest BCUT2D eigenvalue weighted by atomic mass is 19.1. The molecule has 2 aromatic rings. The van der Waals surface area contributed by atoms with Crippen molar-refractivity contribution in [1.82, 2.24) is 20.5 Å². The van der Waals surface area contributed by atoms with Gasteiger partial charge < -0.3 is 10.2 Å². The zero-order valence-electron chi connectivity index (χ0n) is 12.8. The van der Waals surface area contributed by atoms with Gasteiger partial charge in [-0.1, -0.05) is 0 Å². The summed E-state index contributed by atoms with van der Waals surface area (Å²) < 4.78 is 13.8. The number of aromatic nitrogens is 3. The molecule has 1 amide bonds. The molecule has 0 spiro atoms. The third kappa shape index (κ3) is 3.46. The standard InChI is InChI=1S/C16H15FN6O/c17-12-6-14(23(10-12)15-2-1-5-21-22-15)9-20-16(24)11-3-4-13(7-18)19-8-11/h1-5,8,12,14H,6,9-10H2,(H,20,24)/t12-,14-/m0/s1. The molecule has 0 aromatic carbocycles. The Bertz CT molecular complexity index is 745. The van der Waals surface area contributed by atoms with Gasteiger partial charge in [0, 0.05) is 25.4 Å². The summed E-state index contributed by atoms with van der Waals surface area (Å²) in [5.74, 6) is 0.283. The van der Waals surface area contributed by atoms with Gasteiger partial charge in [0.05, 0.1) is 18.2 Å². The molecule has 1 aliphatic rings. The van der Waals surface area contributed by atoms with Crippen LogP contribution in [0.2, 0.25) is 0 Å². The molecule has 3 rings (SSSR count). The minimum Gasteiger partial charge on any atom is -0.350 e. The molecule has 1 fully saturated rings. The molecule has 0 radical (unpaired) electrons. The van der Waals surface area contributed by atoms with Crippen LogP contribution in [0.25, 0.3) is 0 Å². The number of amides is 1. The predicted octanol–water partition coefficient (Wildman–Crippen LogP) is 1.09. The number of halogens is 1. The molecule has 2 aromatic heterocycles. The average molecular weight is 326 g/mol. The first kappa shape index (κ1) is 15.8. The fraction of sp³-hybridized carbons (Fsp3) is 0.312. The molecule has 3 heterocycles. The van der Waals surface area contributed by atoms with E-state index >= 15 is 0 Å². The lowest BCUT2D eigenvalue weighted by atomic mass is 10.2. The molecule has 0 bridgehead atoms. The van der Waals surface area contributed by atoms with E-state index in [-0.39, 0.29) is 30.7 Å². The van der Waals surface area contributed by atoms with Crippen LogP contribution in [0.1, 0.15) is 22.5 Å². The summed E-state index contributed by atoms with van der Waals surface area (Å²) in [5, 5.41) is 19.3. The summed E-state index contributed by atoms with van der Waals surface area (Å²) in [5.41, 5.74) is 0.603. The Hall–Kier alpha value is -3.08. The second kappa shape index (κ2) is 7.00. The Morgan fingerprint density at radius 1 is 1.46 bits per heavy atom. The number of nitrogens with zero attached hydrogens (tertiary/aromatic N) is 5. The highest BCUT2D eigenvalue weighted by Gasteiger charge is 2.33. The summed E-state index contributed by atoms with van der Waals surface area (Å²) in [6.45, 7) is 0.521. The van der Waals surface area contributed by atoms with E-state index in [9.17, 15) is 9.18 Å². The number of hydrogen-bond donors (Lipinski definition) is 1. The number of nitrogens with one attached hydrogen (secondary N) is 1. The normalized spacial score (nSPS) is 19.8. The van der Waals surface area contributed by atoms with Gasteiger partial charge in [0.1, 0.15) is 17.9 Å². The molecule has 24 heavy (non-hydrogen) atoms. The summed E-state index contributed by atoms with van der Waals surface area (Å²) in [6.07, 6.45) is 2.26. The lowest BCUT2D eigenvalue weighted by molar-refractivity contribution is 0.0950. The van der Waals surface area contributed by atoms with Crippen LogP contribution in [0, 0.1) is 11.3 Å². The van der Waals surface area contributed by atoms with Crippen molar-refractivity contribution in [3.8, 4) is 6.07 Å². The molecule has 0 unspecified atom stereocenters. The van der Waals surface area contributed by atoms with Gasteiger partial charge in [0.25, 0.3) is 5.91 Å². The Morgan fingerprint density at radius 2 is 2.33 bits per heavy atom. The Kier molecular flexibility index (Phi) is 4.61. The first-order valence-electron chi connectivity index (χ1n) is 7.50. The third-order valence-electron chi connectivity index (χ3n) is 3.85. The molecule has 1 aliphatic heterocycles. The van der Waals surface area contributed by atoms with Gasteiger partial charge in [-0.25, -0.2) is 9.37 Å². The Labute approximate surface area is 138 Å². The summed E-state index contributed by atoms with van der Waals surface area (Å²) >= 11 is 0. The van der Waals surface area contributed by atoms with E-state index in [1.54, 1.807) is 18.3 Å². The topological polar surface area (TPSA) is 94.8 Å². The van der Waals surface area contributed by atoms with Crippen molar-refractivity contribution in [1.29, 1.82) is 5.26 Å². The van der Waals surface area contributed by atoms with Crippen molar-refractivity contribution in [2.75, 3.05) is 18.0 Å². The van der Waals surface area contributed by atoms with Crippen molar-refractivity contribution < 1.29 is 9.18 Å². The number of alkyl halides is 1. The van der Waals surface area contributed by atoms with Gasteiger partial charge in [-0.3, -0.25) is 4.79 Å². The maximum atomic E-state index is 13.8. The van der Waals surface area contributed by atoms with Crippen LogP contribution < -0.4 is 10.2 Å². The van der Waals surface area contributed by atoms with E-state index in [2.05, 4.69) is 20.5 Å². The molecule has 0 saturated carbocycles. The molecule has 2 atom stereocenters. The van der Waals surface area contributed by atoms with Crippen LogP contribution in [0.4, 0.5) is 10.2 Å². The highest BCUT2D eigenvalue weighted by molar-refractivity contribution is 5.93. The molecule has 7 nitrogen and oxygen atoms in total. The van der Waals surface area contributed by atoms with Crippen LogP contribution in [0.5, 0.6) is 0 Å². The van der Waals surface area contributed by atoms with Crippen molar-refractivity contribution in [2.24, 2.45) is 0 Å². The molecular formula is C16H15FN6O. The average Bonchev–Trinajstić information content (AvgIpc) is 3.01. The van der Waals surface area contributed by atoms with E-state index < -0.39 is 6.17 Å². The number of pyridine rings is 1. The molecule has 122 valence electrons. The minimum absolute atomic E-state index is 0.188. The van der Waals surface area contributed by atoms with Crippen LogP contribution in [0.15, 0.2) is 36.7 Å². The largest absolute Gasteiger partial charge is 0.350 e. The second-order valence-electron chi connectivity index (χ2n) is 5.47. The summed E-state index contributed by atoms with van der Waals surface area (Å²) in [4.78, 5) is 17.8. The van der Waals surface area contributed by atoms with E-state index in [0.29, 0.717) is 17.8 Å². The zero-order valence-corrected chi connectivity index (χ0v) is 12.8. The second-order valence-corrected chi connectivity index (χ2v) is 5.47. The van der Waals surface area contributed by atoms with Crippen LogP contribution in [-0.4, -0.2) is 46.4 Å². The van der Waals surface area contributed by atoms with Gasteiger partial charge in [-0.05, 0) is 24.3 Å². The Balaban J connectivity index is 1.64. The lowest BCUT2D eigenvalue weighted by Gasteiger charge is -2.24. The van der Waals surface area contributed by atoms with Crippen molar-refractivity contribution in [3.63, 3.8) is 0 Å². The van der Waals surface area contributed by atoms with Crippen LogP contribution in [0.3, 0.4) is 0 Å². The number of rotatable bonds is 4. The predicted molar refractivity (Wildman–Crippen MR) is 84.0 cm³/mol. The molecule has 0 aliphatic carbocycles. The maximum absolute atomic E-state index is 13.8. The third-order valence-corrected chi connectivity index (χ3v) is 3.85. The van der Waals surface area contributed by atoms with Crippen molar-refractivity contribution in [2.45, 2.75) is 18.6 Å². The fourth-order valence-corrected chi connectivity index (χ4v) is 2.69. The maximum Gasteiger partial charge on any atom is 0.252 e. The van der Waals surface area contributed by atoms with Gasteiger partial charge in [0.15, 0.2) is 5.82 Å². The van der Waals surface area contributed by atoms with E-state index in [1.165, 1.54) is 18.3 Å². The SMILES string of the molecule is N#Cc1ccc(C(=O)NC[C@@H]2C[C@H](F)CN2c2cccnn2)cn1. The quantitative estimate of drug-likeness (QED) is 0.904. The number of anilines is 1. The van der Waals surface area contributed by atoms with Crippen LogP contribution in [-0.2, 0) is 0 Å². The molecule has 1 saturated heterocycles. The van der Waals surface area contributed by atoms with Crippen molar-refractivity contribution in [3.05, 3.63) is 47.9 Å². The number of hydrogen-bond acceptors (Lipinski definition) is 6. The zero-order chi connectivity index (χ0) is 16.9. The minimum atomic E-state index is -0.967. The lowest BCUT2D eigenvalue weighted by Crippen LogP contribution is -2.40. The van der Waals surface area contributed by atoms with E-state index in [1.807, 2.05) is 11.0 Å². The van der Waals surface area contributed by atoms with Crippen molar-refractivity contribution >= 4 is 11.7 Å². The first-order valence-corrected chi connectivity index (χ1v) is 7.50. The molecule has 1 N–H and O–H groups in total. The van der Waals surface area contributed by atoms with E-state index in [0.717, 1.165) is 0 Å². The Morgan fingerprint density at radius 3 is 3.00 bits per heavy atom. The number of carbonyl (C=O) groups excluding carboxylic acids is 1. The van der Waals surface area contributed by atoms with E-state index in [4.69, 9.17) is 5.26 Å². The first-order chi connectivity index (χ1) is 11.7.